The van der Waals surface area contributed by atoms with Gasteiger partial charge in [0.15, 0.2) is 5.11 Å². The number of anilines is 1. The molecular formula is C19H17Cl2N3OS. The number of amides is 1. The van der Waals surface area contributed by atoms with E-state index in [1.54, 1.807) is 25.1 Å². The van der Waals surface area contributed by atoms with E-state index in [4.69, 9.17) is 35.4 Å². The van der Waals surface area contributed by atoms with Crippen molar-refractivity contribution in [1.82, 2.24) is 10.6 Å². The van der Waals surface area contributed by atoms with Crippen LogP contribution in [0.25, 0.3) is 0 Å². The summed E-state index contributed by atoms with van der Waals surface area (Å²) in [5.41, 5.74) is 3.52. The molecule has 3 N–H and O–H groups in total. The maximum atomic E-state index is 13.0. The van der Waals surface area contributed by atoms with Crippen LogP contribution in [0.2, 0.25) is 10.0 Å². The van der Waals surface area contributed by atoms with Gasteiger partial charge in [-0.05, 0) is 55.9 Å². The van der Waals surface area contributed by atoms with Crippen molar-refractivity contribution in [2.75, 3.05) is 5.32 Å². The number of benzene rings is 2. The van der Waals surface area contributed by atoms with E-state index < -0.39 is 6.04 Å². The van der Waals surface area contributed by atoms with Crippen LogP contribution in [0.1, 0.15) is 24.1 Å². The van der Waals surface area contributed by atoms with Crippen LogP contribution in [0.5, 0.6) is 0 Å². The maximum absolute atomic E-state index is 13.0. The summed E-state index contributed by atoms with van der Waals surface area (Å²) in [5.74, 6) is -0.253. The van der Waals surface area contributed by atoms with Crippen LogP contribution < -0.4 is 16.0 Å². The average Bonchev–Trinajstić information content (AvgIpc) is 2.54. The van der Waals surface area contributed by atoms with Crippen molar-refractivity contribution in [3.8, 4) is 0 Å². The molecule has 0 unspecified atom stereocenters. The number of carbonyl (C=O) groups excluding carboxylic acids is 1. The summed E-state index contributed by atoms with van der Waals surface area (Å²) in [6, 6.07) is 12.3. The summed E-state index contributed by atoms with van der Waals surface area (Å²) in [7, 11) is 0. The van der Waals surface area contributed by atoms with Gasteiger partial charge in [-0.2, -0.15) is 0 Å². The molecule has 0 spiro atoms. The summed E-state index contributed by atoms with van der Waals surface area (Å²) in [5, 5.41) is 10.4. The fourth-order valence-corrected chi connectivity index (χ4v) is 3.81. The first-order chi connectivity index (χ1) is 12.4. The smallest absolute Gasteiger partial charge is 0.255 e. The van der Waals surface area contributed by atoms with E-state index in [-0.39, 0.29) is 5.91 Å². The van der Waals surface area contributed by atoms with Gasteiger partial charge >= 0.3 is 0 Å². The lowest BCUT2D eigenvalue weighted by Gasteiger charge is -2.31. The molecule has 0 saturated carbocycles. The van der Waals surface area contributed by atoms with E-state index in [1.165, 1.54) is 0 Å². The second-order valence-electron chi connectivity index (χ2n) is 6.03. The van der Waals surface area contributed by atoms with Gasteiger partial charge in [-0.3, -0.25) is 4.79 Å². The van der Waals surface area contributed by atoms with E-state index in [9.17, 15) is 4.79 Å². The highest BCUT2D eigenvalue weighted by Crippen LogP contribution is 2.36. The van der Waals surface area contributed by atoms with Gasteiger partial charge in [0, 0.05) is 27.0 Å². The SMILES string of the molecule is CC1=C(C(=O)Nc2cccc(C)c2)[C@H](c2c(Cl)cccc2Cl)NC(=S)N1. The standard InChI is InChI=1S/C19H17Cl2N3OS/c1-10-5-3-6-12(9-10)23-18(25)15-11(2)22-19(26)24-17(15)16-13(20)7-4-8-14(16)21/h3-9,17H,1-2H3,(H,23,25)(H2,22,24,26)/t17-/m1/s1. The van der Waals surface area contributed by atoms with Crippen LogP contribution in [0, 0.1) is 6.92 Å². The Morgan fingerprint density at radius 3 is 2.42 bits per heavy atom. The molecule has 1 heterocycles. The van der Waals surface area contributed by atoms with E-state index in [0.717, 1.165) is 5.56 Å². The molecule has 26 heavy (non-hydrogen) atoms. The van der Waals surface area contributed by atoms with Crippen LogP contribution in [0.3, 0.4) is 0 Å². The molecule has 0 saturated heterocycles. The van der Waals surface area contributed by atoms with Crippen molar-refractivity contribution < 1.29 is 4.79 Å². The Kier molecular flexibility index (Phi) is 5.51. The minimum absolute atomic E-state index is 0.253. The lowest BCUT2D eigenvalue weighted by Crippen LogP contribution is -2.46. The van der Waals surface area contributed by atoms with Gasteiger partial charge in [0.25, 0.3) is 5.91 Å². The predicted octanol–water partition coefficient (Wildman–Crippen LogP) is 4.73. The molecule has 0 aliphatic carbocycles. The monoisotopic (exact) mass is 405 g/mol. The zero-order chi connectivity index (χ0) is 18.8. The van der Waals surface area contributed by atoms with Crippen molar-refractivity contribution in [2.45, 2.75) is 19.9 Å². The van der Waals surface area contributed by atoms with Gasteiger partial charge in [-0.1, -0.05) is 41.4 Å². The largest absolute Gasteiger partial charge is 0.351 e. The van der Waals surface area contributed by atoms with Crippen LogP contribution in [-0.4, -0.2) is 11.0 Å². The Balaban J connectivity index is 2.02. The lowest BCUT2D eigenvalue weighted by atomic mass is 9.94. The van der Waals surface area contributed by atoms with Crippen molar-refractivity contribution in [2.24, 2.45) is 0 Å². The fraction of sp³-hybridized carbons (Fsp3) is 0.158. The molecule has 0 radical (unpaired) electrons. The maximum Gasteiger partial charge on any atom is 0.255 e. The molecule has 1 aliphatic heterocycles. The molecule has 2 aromatic rings. The third kappa shape index (κ3) is 3.85. The van der Waals surface area contributed by atoms with Gasteiger partial charge < -0.3 is 16.0 Å². The molecule has 2 aromatic carbocycles. The minimum Gasteiger partial charge on any atom is -0.351 e. The number of allylic oxidation sites excluding steroid dienone is 1. The highest BCUT2D eigenvalue weighted by Gasteiger charge is 2.32. The van der Waals surface area contributed by atoms with Crippen LogP contribution in [-0.2, 0) is 4.79 Å². The molecule has 4 nitrogen and oxygen atoms in total. The Bertz CT molecular complexity index is 907. The molecule has 0 aromatic heterocycles. The van der Waals surface area contributed by atoms with Gasteiger partial charge in [0.05, 0.1) is 11.6 Å². The quantitative estimate of drug-likeness (QED) is 0.645. The highest BCUT2D eigenvalue weighted by molar-refractivity contribution is 7.80. The first-order valence-corrected chi connectivity index (χ1v) is 9.13. The van der Waals surface area contributed by atoms with Gasteiger partial charge in [0.1, 0.15) is 0 Å². The number of carbonyl (C=O) groups is 1. The molecule has 1 amide bonds. The Hall–Kier alpha value is -2.08. The molecule has 1 aliphatic rings. The number of thiocarbonyl (C=S) groups is 1. The summed E-state index contributed by atoms with van der Waals surface area (Å²) in [4.78, 5) is 13.0. The summed E-state index contributed by atoms with van der Waals surface area (Å²) in [6.07, 6.45) is 0. The first kappa shape index (κ1) is 18.7. The van der Waals surface area contributed by atoms with Crippen molar-refractivity contribution >= 4 is 52.1 Å². The van der Waals surface area contributed by atoms with Crippen molar-refractivity contribution in [3.05, 3.63) is 74.9 Å². The topological polar surface area (TPSA) is 53.2 Å². The van der Waals surface area contributed by atoms with Crippen molar-refractivity contribution in [3.63, 3.8) is 0 Å². The molecule has 134 valence electrons. The summed E-state index contributed by atoms with van der Waals surface area (Å²) >= 11 is 18.0. The highest BCUT2D eigenvalue weighted by atomic mass is 35.5. The molecule has 0 fully saturated rings. The Morgan fingerprint density at radius 2 is 1.77 bits per heavy atom. The van der Waals surface area contributed by atoms with Crippen LogP contribution >= 0.6 is 35.4 Å². The zero-order valence-electron chi connectivity index (χ0n) is 14.2. The number of nitrogens with one attached hydrogen (secondary N) is 3. The predicted molar refractivity (Wildman–Crippen MR) is 111 cm³/mol. The second-order valence-corrected chi connectivity index (χ2v) is 7.25. The Morgan fingerprint density at radius 1 is 1.12 bits per heavy atom. The lowest BCUT2D eigenvalue weighted by molar-refractivity contribution is -0.113. The van der Waals surface area contributed by atoms with E-state index in [0.29, 0.717) is 37.7 Å². The first-order valence-electron chi connectivity index (χ1n) is 7.97. The number of halogens is 2. The number of hydrogen-bond acceptors (Lipinski definition) is 2. The summed E-state index contributed by atoms with van der Waals surface area (Å²) in [6.45, 7) is 3.77. The zero-order valence-corrected chi connectivity index (χ0v) is 16.5. The third-order valence-electron chi connectivity index (χ3n) is 4.08. The third-order valence-corrected chi connectivity index (χ3v) is 4.96. The number of hydrogen-bond donors (Lipinski definition) is 3. The van der Waals surface area contributed by atoms with E-state index >= 15 is 0 Å². The summed E-state index contributed by atoms with van der Waals surface area (Å²) < 4.78 is 0. The Labute approximate surface area is 167 Å². The number of rotatable bonds is 3. The van der Waals surface area contributed by atoms with Crippen LogP contribution in [0.15, 0.2) is 53.7 Å². The van der Waals surface area contributed by atoms with Gasteiger partial charge in [-0.25, -0.2) is 0 Å². The molecule has 1 atom stereocenters. The van der Waals surface area contributed by atoms with Gasteiger partial charge in [-0.15, -0.1) is 0 Å². The molecule has 0 bridgehead atoms. The fourth-order valence-electron chi connectivity index (χ4n) is 2.92. The molecular weight excluding hydrogens is 389 g/mol. The van der Waals surface area contributed by atoms with Crippen LogP contribution in [0.4, 0.5) is 5.69 Å². The molecule has 3 rings (SSSR count). The van der Waals surface area contributed by atoms with E-state index in [2.05, 4.69) is 16.0 Å². The van der Waals surface area contributed by atoms with Gasteiger partial charge in [0.2, 0.25) is 0 Å². The van der Waals surface area contributed by atoms with E-state index in [1.807, 2.05) is 31.2 Å². The number of aryl methyl sites for hydroxylation is 1. The molecule has 7 heteroatoms. The second kappa shape index (κ2) is 7.66. The van der Waals surface area contributed by atoms with Crippen molar-refractivity contribution in [1.29, 1.82) is 0 Å². The average molecular weight is 406 g/mol. The normalized spacial score (nSPS) is 16.8. The minimum atomic E-state index is -0.547.